The molecule has 0 radical (unpaired) electrons. The topological polar surface area (TPSA) is 67.7 Å². The SMILES string of the molecule is N=C(N)c1ccc(-n2cc(I)cn2)cc1. The molecule has 3 N–H and O–H groups in total. The summed E-state index contributed by atoms with van der Waals surface area (Å²) >= 11 is 2.21. The summed E-state index contributed by atoms with van der Waals surface area (Å²) in [6, 6.07) is 7.40. The van der Waals surface area contributed by atoms with E-state index in [2.05, 4.69) is 27.7 Å². The minimum absolute atomic E-state index is 0.0802. The van der Waals surface area contributed by atoms with Gasteiger partial charge in [-0.2, -0.15) is 5.10 Å². The van der Waals surface area contributed by atoms with Crippen LogP contribution in [0, 0.1) is 8.98 Å². The molecule has 0 unspecified atom stereocenters. The Balaban J connectivity index is 2.35. The Morgan fingerprint density at radius 1 is 1.33 bits per heavy atom. The van der Waals surface area contributed by atoms with Crippen LogP contribution in [0.4, 0.5) is 0 Å². The van der Waals surface area contributed by atoms with Crippen molar-refractivity contribution in [2.75, 3.05) is 0 Å². The number of nitrogens with two attached hydrogens (primary N) is 1. The van der Waals surface area contributed by atoms with E-state index in [0.717, 1.165) is 14.8 Å². The molecule has 0 aliphatic rings. The van der Waals surface area contributed by atoms with Gasteiger partial charge in [0.1, 0.15) is 5.84 Å². The van der Waals surface area contributed by atoms with E-state index in [1.165, 1.54) is 0 Å². The molecule has 0 aliphatic heterocycles. The van der Waals surface area contributed by atoms with Gasteiger partial charge in [0.2, 0.25) is 0 Å². The highest BCUT2D eigenvalue weighted by molar-refractivity contribution is 14.1. The number of nitrogen functional groups attached to an aromatic ring is 1. The summed E-state index contributed by atoms with van der Waals surface area (Å²) < 4.78 is 2.87. The molecule has 4 nitrogen and oxygen atoms in total. The minimum Gasteiger partial charge on any atom is -0.384 e. The summed E-state index contributed by atoms with van der Waals surface area (Å²) in [4.78, 5) is 0. The molecule has 0 bridgehead atoms. The van der Waals surface area contributed by atoms with Crippen molar-refractivity contribution < 1.29 is 0 Å². The van der Waals surface area contributed by atoms with E-state index in [4.69, 9.17) is 11.1 Å². The molecule has 0 atom stereocenters. The second-order valence-corrected chi connectivity index (χ2v) is 4.31. The smallest absolute Gasteiger partial charge is 0.122 e. The average molecular weight is 312 g/mol. The maximum atomic E-state index is 7.27. The molecule has 2 aromatic rings. The molecular weight excluding hydrogens is 303 g/mol. The normalized spacial score (nSPS) is 10.2. The summed E-state index contributed by atoms with van der Waals surface area (Å²) in [7, 11) is 0. The first-order chi connectivity index (χ1) is 7.16. The Morgan fingerprint density at radius 2 is 2.00 bits per heavy atom. The van der Waals surface area contributed by atoms with Crippen molar-refractivity contribution in [3.63, 3.8) is 0 Å². The van der Waals surface area contributed by atoms with Crippen molar-refractivity contribution in [3.05, 3.63) is 45.8 Å². The van der Waals surface area contributed by atoms with Gasteiger partial charge in [-0.1, -0.05) is 0 Å². The molecule has 76 valence electrons. The van der Waals surface area contributed by atoms with Gasteiger partial charge in [-0.25, -0.2) is 4.68 Å². The summed E-state index contributed by atoms with van der Waals surface area (Å²) in [5.74, 6) is 0.0802. The highest BCUT2D eigenvalue weighted by atomic mass is 127. The standard InChI is InChI=1S/C10H9IN4/c11-8-5-14-15(6-8)9-3-1-7(2-4-9)10(12)13/h1-6H,(H3,12,13). The number of nitrogens with zero attached hydrogens (tertiary/aromatic N) is 2. The van der Waals surface area contributed by atoms with Gasteiger partial charge in [0, 0.05) is 11.8 Å². The second kappa shape index (κ2) is 4.01. The third-order valence-electron chi connectivity index (χ3n) is 1.99. The minimum atomic E-state index is 0.0802. The van der Waals surface area contributed by atoms with Crippen molar-refractivity contribution in [1.82, 2.24) is 9.78 Å². The Bertz CT molecular complexity index is 486. The Labute approximate surface area is 101 Å². The van der Waals surface area contributed by atoms with Crippen molar-refractivity contribution in [2.45, 2.75) is 0 Å². The Hall–Kier alpha value is -1.37. The zero-order chi connectivity index (χ0) is 10.8. The van der Waals surface area contributed by atoms with E-state index in [1.807, 2.05) is 30.5 Å². The summed E-state index contributed by atoms with van der Waals surface area (Å²) in [5, 5.41) is 11.5. The Morgan fingerprint density at radius 3 is 2.47 bits per heavy atom. The van der Waals surface area contributed by atoms with Crippen LogP contribution in [0.1, 0.15) is 5.56 Å². The van der Waals surface area contributed by atoms with E-state index in [1.54, 1.807) is 10.9 Å². The van der Waals surface area contributed by atoms with E-state index in [0.29, 0.717) is 0 Å². The second-order valence-electron chi connectivity index (χ2n) is 3.06. The fourth-order valence-corrected chi connectivity index (χ4v) is 1.62. The molecule has 1 aromatic carbocycles. The molecule has 15 heavy (non-hydrogen) atoms. The summed E-state index contributed by atoms with van der Waals surface area (Å²) in [5.41, 5.74) is 7.05. The molecule has 5 heteroatoms. The van der Waals surface area contributed by atoms with Crippen LogP contribution in [0.3, 0.4) is 0 Å². The molecule has 0 fully saturated rings. The van der Waals surface area contributed by atoms with Gasteiger partial charge < -0.3 is 5.73 Å². The number of halogens is 1. The van der Waals surface area contributed by atoms with Crippen molar-refractivity contribution in [2.24, 2.45) is 5.73 Å². The molecule has 1 aromatic heterocycles. The predicted molar refractivity (Wildman–Crippen MR) is 67.3 cm³/mol. The largest absolute Gasteiger partial charge is 0.384 e. The number of aromatic nitrogens is 2. The predicted octanol–water partition coefficient (Wildman–Crippen LogP) is 1.76. The molecule has 0 spiro atoms. The van der Waals surface area contributed by atoms with Crippen LogP contribution in [-0.2, 0) is 0 Å². The first-order valence-electron chi connectivity index (χ1n) is 4.32. The zero-order valence-electron chi connectivity index (χ0n) is 7.81. The summed E-state index contributed by atoms with van der Waals surface area (Å²) in [6.45, 7) is 0. The third kappa shape index (κ3) is 2.17. The fraction of sp³-hybridized carbons (Fsp3) is 0. The lowest BCUT2D eigenvalue weighted by atomic mass is 10.2. The van der Waals surface area contributed by atoms with Gasteiger partial charge in [0.25, 0.3) is 0 Å². The number of nitrogens with one attached hydrogen (secondary N) is 1. The molecule has 0 aliphatic carbocycles. The van der Waals surface area contributed by atoms with Crippen LogP contribution in [0.5, 0.6) is 0 Å². The molecule has 1 heterocycles. The first-order valence-corrected chi connectivity index (χ1v) is 5.40. The van der Waals surface area contributed by atoms with Gasteiger partial charge in [0.05, 0.1) is 15.5 Å². The van der Waals surface area contributed by atoms with Gasteiger partial charge in [-0.15, -0.1) is 0 Å². The van der Waals surface area contributed by atoms with Gasteiger partial charge in [-0.05, 0) is 46.9 Å². The lowest BCUT2D eigenvalue weighted by Gasteiger charge is -2.02. The van der Waals surface area contributed by atoms with Crippen LogP contribution in [0.2, 0.25) is 0 Å². The van der Waals surface area contributed by atoms with Crippen LogP contribution in [-0.4, -0.2) is 15.6 Å². The van der Waals surface area contributed by atoms with E-state index >= 15 is 0 Å². The number of benzene rings is 1. The molecule has 0 amide bonds. The van der Waals surface area contributed by atoms with Crippen LogP contribution >= 0.6 is 22.6 Å². The fourth-order valence-electron chi connectivity index (χ4n) is 1.24. The molecule has 2 rings (SSSR count). The first kappa shape index (κ1) is 10.2. The van der Waals surface area contributed by atoms with Crippen LogP contribution in [0.25, 0.3) is 5.69 Å². The maximum absolute atomic E-state index is 7.27. The number of hydrogen-bond donors (Lipinski definition) is 2. The summed E-state index contributed by atoms with van der Waals surface area (Å²) in [6.07, 6.45) is 3.72. The monoisotopic (exact) mass is 312 g/mol. The highest BCUT2D eigenvalue weighted by Crippen LogP contribution is 2.10. The van der Waals surface area contributed by atoms with E-state index in [9.17, 15) is 0 Å². The van der Waals surface area contributed by atoms with Gasteiger partial charge in [-0.3, -0.25) is 5.41 Å². The highest BCUT2D eigenvalue weighted by Gasteiger charge is 2.00. The quantitative estimate of drug-likeness (QED) is 0.504. The Kier molecular flexibility index (Phi) is 2.72. The van der Waals surface area contributed by atoms with Crippen molar-refractivity contribution in [3.8, 4) is 5.69 Å². The lowest BCUT2D eigenvalue weighted by molar-refractivity contribution is 0.880. The van der Waals surface area contributed by atoms with Crippen molar-refractivity contribution >= 4 is 28.4 Å². The number of amidine groups is 1. The zero-order valence-corrected chi connectivity index (χ0v) is 9.97. The third-order valence-corrected chi connectivity index (χ3v) is 2.55. The maximum Gasteiger partial charge on any atom is 0.122 e. The van der Waals surface area contributed by atoms with Gasteiger partial charge in [0.15, 0.2) is 0 Å². The van der Waals surface area contributed by atoms with Gasteiger partial charge >= 0.3 is 0 Å². The number of rotatable bonds is 2. The molecule has 0 saturated heterocycles. The molecule has 0 saturated carbocycles. The van der Waals surface area contributed by atoms with Crippen LogP contribution < -0.4 is 5.73 Å². The van der Waals surface area contributed by atoms with Crippen LogP contribution in [0.15, 0.2) is 36.7 Å². The number of hydrogen-bond acceptors (Lipinski definition) is 2. The lowest BCUT2D eigenvalue weighted by Crippen LogP contribution is -2.10. The van der Waals surface area contributed by atoms with Crippen molar-refractivity contribution in [1.29, 1.82) is 5.41 Å². The molecular formula is C10H9IN4. The van der Waals surface area contributed by atoms with E-state index < -0.39 is 0 Å². The average Bonchev–Trinajstić information content (AvgIpc) is 2.65. The van der Waals surface area contributed by atoms with E-state index in [-0.39, 0.29) is 5.84 Å².